The van der Waals surface area contributed by atoms with Gasteiger partial charge in [0.15, 0.2) is 0 Å². The topological polar surface area (TPSA) is 35.6 Å². The highest BCUT2D eigenvalue weighted by Crippen LogP contribution is 2.08. The fraction of sp³-hybridized carbons (Fsp3) is 0.400. The van der Waals surface area contributed by atoms with E-state index in [4.69, 9.17) is 0 Å². The Labute approximate surface area is 102 Å². The summed E-state index contributed by atoms with van der Waals surface area (Å²) in [5.41, 5.74) is 2.33. The van der Waals surface area contributed by atoms with Crippen LogP contribution in [0.2, 0.25) is 0 Å². The van der Waals surface area contributed by atoms with Crippen LogP contribution in [0.25, 0.3) is 0 Å². The van der Waals surface area contributed by atoms with Gasteiger partial charge in [-0.05, 0) is 47.6 Å². The van der Waals surface area contributed by atoms with E-state index in [0.29, 0.717) is 0 Å². The summed E-state index contributed by atoms with van der Waals surface area (Å²) in [6.45, 7) is 2.93. The summed E-state index contributed by atoms with van der Waals surface area (Å²) in [7, 11) is 1.94. The Morgan fingerprint density at radius 2 is 2.27 bits per heavy atom. The van der Waals surface area contributed by atoms with Crippen molar-refractivity contribution in [2.75, 3.05) is 0 Å². The first-order chi connectivity index (χ1) is 7.15. The van der Waals surface area contributed by atoms with Crippen LogP contribution < -0.4 is 0 Å². The Bertz CT molecular complexity index is 458. The SMILES string of the molecule is Cc1cc(I)n(CCc2cnn(C)c2)n1. The molecule has 0 aliphatic heterocycles. The maximum Gasteiger partial charge on any atom is 0.0992 e. The number of aromatic nitrogens is 4. The lowest BCUT2D eigenvalue weighted by Gasteiger charge is -2.00. The summed E-state index contributed by atoms with van der Waals surface area (Å²) in [6.07, 6.45) is 4.93. The van der Waals surface area contributed by atoms with Gasteiger partial charge >= 0.3 is 0 Å². The highest BCUT2D eigenvalue weighted by atomic mass is 127. The van der Waals surface area contributed by atoms with Crippen molar-refractivity contribution < 1.29 is 0 Å². The average molecular weight is 316 g/mol. The number of hydrogen-bond acceptors (Lipinski definition) is 2. The van der Waals surface area contributed by atoms with Gasteiger partial charge in [0, 0.05) is 19.8 Å². The predicted octanol–water partition coefficient (Wildman–Crippen LogP) is 1.77. The van der Waals surface area contributed by atoms with Gasteiger partial charge in [-0.3, -0.25) is 9.36 Å². The zero-order valence-corrected chi connectivity index (χ0v) is 11.0. The van der Waals surface area contributed by atoms with Crippen molar-refractivity contribution >= 4 is 22.6 Å². The second kappa shape index (κ2) is 4.34. The highest BCUT2D eigenvalue weighted by molar-refractivity contribution is 14.1. The van der Waals surface area contributed by atoms with E-state index in [1.807, 2.05) is 35.7 Å². The Hall–Kier alpha value is -0.850. The standard InChI is InChI=1S/C10H13IN4/c1-8-5-10(11)15(13-8)4-3-9-6-12-14(2)7-9/h5-7H,3-4H2,1-2H3. The minimum atomic E-state index is 0.914. The molecule has 0 saturated carbocycles. The summed E-state index contributed by atoms with van der Waals surface area (Å²) in [6, 6.07) is 2.09. The third-order valence-electron chi connectivity index (χ3n) is 2.22. The van der Waals surface area contributed by atoms with Crippen LogP contribution in [0.1, 0.15) is 11.3 Å². The molecule has 5 heteroatoms. The van der Waals surface area contributed by atoms with Gasteiger partial charge in [0.1, 0.15) is 0 Å². The lowest BCUT2D eigenvalue weighted by molar-refractivity contribution is 0.596. The van der Waals surface area contributed by atoms with Gasteiger partial charge in [-0.2, -0.15) is 10.2 Å². The van der Waals surface area contributed by atoms with Crippen LogP contribution >= 0.6 is 22.6 Å². The van der Waals surface area contributed by atoms with Crippen LogP contribution in [0.15, 0.2) is 18.5 Å². The first kappa shape index (κ1) is 10.7. The van der Waals surface area contributed by atoms with E-state index in [2.05, 4.69) is 38.9 Å². The molecule has 0 fully saturated rings. The van der Waals surface area contributed by atoms with Crippen molar-refractivity contribution in [3.8, 4) is 0 Å². The van der Waals surface area contributed by atoms with E-state index in [9.17, 15) is 0 Å². The summed E-state index contributed by atoms with van der Waals surface area (Å²) >= 11 is 2.31. The zero-order valence-electron chi connectivity index (χ0n) is 8.81. The monoisotopic (exact) mass is 316 g/mol. The first-order valence-corrected chi connectivity index (χ1v) is 5.90. The van der Waals surface area contributed by atoms with Crippen molar-refractivity contribution in [1.29, 1.82) is 0 Å². The highest BCUT2D eigenvalue weighted by Gasteiger charge is 2.03. The van der Waals surface area contributed by atoms with Crippen LogP contribution in [-0.2, 0) is 20.0 Å². The molecule has 0 bridgehead atoms. The fourth-order valence-corrected chi connectivity index (χ4v) is 2.31. The second-order valence-corrected chi connectivity index (χ2v) is 4.71. The number of halogens is 1. The van der Waals surface area contributed by atoms with Gasteiger partial charge in [0.05, 0.1) is 15.6 Å². The molecule has 0 aromatic carbocycles. The smallest absolute Gasteiger partial charge is 0.0992 e. The molecule has 0 spiro atoms. The van der Waals surface area contributed by atoms with E-state index < -0.39 is 0 Å². The first-order valence-electron chi connectivity index (χ1n) is 4.82. The molecule has 80 valence electrons. The fourth-order valence-electron chi connectivity index (χ4n) is 1.51. The summed E-state index contributed by atoms with van der Waals surface area (Å²) in [5.74, 6) is 0. The molecule has 0 aliphatic carbocycles. The van der Waals surface area contributed by atoms with Gasteiger partial charge < -0.3 is 0 Å². The van der Waals surface area contributed by atoms with E-state index in [0.717, 1.165) is 18.7 Å². The van der Waals surface area contributed by atoms with Crippen molar-refractivity contribution in [2.24, 2.45) is 7.05 Å². The predicted molar refractivity (Wildman–Crippen MR) is 66.6 cm³/mol. The van der Waals surface area contributed by atoms with E-state index >= 15 is 0 Å². The Morgan fingerprint density at radius 3 is 2.80 bits per heavy atom. The third-order valence-corrected chi connectivity index (χ3v) is 3.09. The van der Waals surface area contributed by atoms with Crippen LogP contribution in [0.5, 0.6) is 0 Å². The van der Waals surface area contributed by atoms with E-state index in [1.165, 1.54) is 9.26 Å². The molecule has 15 heavy (non-hydrogen) atoms. The van der Waals surface area contributed by atoms with E-state index in [-0.39, 0.29) is 0 Å². The van der Waals surface area contributed by atoms with Gasteiger partial charge in [0.25, 0.3) is 0 Å². The number of aryl methyl sites for hydroxylation is 4. The molecular formula is C10H13IN4. The molecule has 0 atom stereocenters. The van der Waals surface area contributed by atoms with E-state index in [1.54, 1.807) is 0 Å². The lowest BCUT2D eigenvalue weighted by Crippen LogP contribution is -2.04. The van der Waals surface area contributed by atoms with Crippen molar-refractivity contribution in [3.63, 3.8) is 0 Å². The number of hydrogen-bond donors (Lipinski definition) is 0. The maximum absolute atomic E-state index is 4.41. The minimum absolute atomic E-state index is 0.914. The molecule has 2 rings (SSSR count). The van der Waals surface area contributed by atoms with Crippen LogP contribution in [0.4, 0.5) is 0 Å². The summed E-state index contributed by atoms with van der Waals surface area (Å²) < 4.78 is 5.05. The molecular weight excluding hydrogens is 303 g/mol. The Balaban J connectivity index is 2.01. The van der Waals surface area contributed by atoms with Crippen LogP contribution in [0, 0.1) is 10.6 Å². The molecule has 0 saturated heterocycles. The van der Waals surface area contributed by atoms with Crippen molar-refractivity contribution in [3.05, 3.63) is 33.4 Å². The maximum atomic E-state index is 4.41. The number of nitrogens with zero attached hydrogens (tertiary/aromatic N) is 4. The molecule has 0 N–H and O–H groups in total. The molecule has 2 heterocycles. The average Bonchev–Trinajstić information content (AvgIpc) is 2.70. The normalized spacial score (nSPS) is 10.9. The lowest BCUT2D eigenvalue weighted by atomic mass is 10.2. The molecule has 2 aromatic rings. The van der Waals surface area contributed by atoms with Gasteiger partial charge in [-0.15, -0.1) is 0 Å². The Morgan fingerprint density at radius 1 is 1.47 bits per heavy atom. The molecule has 0 radical (unpaired) electrons. The van der Waals surface area contributed by atoms with Gasteiger partial charge in [0.2, 0.25) is 0 Å². The quantitative estimate of drug-likeness (QED) is 0.809. The molecule has 0 amide bonds. The second-order valence-electron chi connectivity index (χ2n) is 3.60. The molecule has 4 nitrogen and oxygen atoms in total. The molecule has 0 aliphatic rings. The van der Waals surface area contributed by atoms with Crippen molar-refractivity contribution in [2.45, 2.75) is 19.9 Å². The minimum Gasteiger partial charge on any atom is -0.276 e. The number of rotatable bonds is 3. The summed E-state index contributed by atoms with van der Waals surface area (Å²) in [5, 5.41) is 8.56. The van der Waals surface area contributed by atoms with Crippen LogP contribution in [0.3, 0.4) is 0 Å². The Kier molecular flexibility index (Phi) is 3.08. The largest absolute Gasteiger partial charge is 0.276 e. The van der Waals surface area contributed by atoms with Gasteiger partial charge in [-0.25, -0.2) is 0 Å². The molecule has 0 unspecified atom stereocenters. The molecule has 2 aromatic heterocycles. The van der Waals surface area contributed by atoms with Crippen LogP contribution in [-0.4, -0.2) is 19.6 Å². The third kappa shape index (κ3) is 2.58. The zero-order chi connectivity index (χ0) is 10.8. The summed E-state index contributed by atoms with van der Waals surface area (Å²) in [4.78, 5) is 0. The van der Waals surface area contributed by atoms with Crippen molar-refractivity contribution in [1.82, 2.24) is 19.6 Å². The van der Waals surface area contributed by atoms with Gasteiger partial charge in [-0.1, -0.05) is 0 Å².